The third-order valence-corrected chi connectivity index (χ3v) is 4.32. The molecule has 1 aromatic carbocycles. The van der Waals surface area contributed by atoms with Crippen LogP contribution in [0.2, 0.25) is 0 Å². The predicted molar refractivity (Wildman–Crippen MR) is 77.2 cm³/mol. The highest BCUT2D eigenvalue weighted by Gasteiger charge is 2.34. The summed E-state index contributed by atoms with van der Waals surface area (Å²) in [6.07, 6.45) is 2.34. The van der Waals surface area contributed by atoms with Crippen molar-refractivity contribution in [2.45, 2.75) is 45.3 Å². The maximum Gasteiger partial charge on any atom is 0.123 e. The summed E-state index contributed by atoms with van der Waals surface area (Å²) >= 11 is 0. The summed E-state index contributed by atoms with van der Waals surface area (Å²) < 4.78 is 12.9. The standard InChI is InChI=1S/C16H25FN2/c1-11-8-12(2)16(15(18)9-11)19(3)10-13-4-6-14(17)7-5-13/h4-7,11-12,15-16H,8-10,18H2,1-3H3. The minimum Gasteiger partial charge on any atom is -0.326 e. The van der Waals surface area contributed by atoms with Crippen LogP contribution in [0, 0.1) is 17.7 Å². The molecule has 0 amide bonds. The van der Waals surface area contributed by atoms with Gasteiger partial charge in [0.05, 0.1) is 0 Å². The molecule has 0 heterocycles. The van der Waals surface area contributed by atoms with Crippen LogP contribution in [0.15, 0.2) is 24.3 Å². The number of halogens is 1. The van der Waals surface area contributed by atoms with Gasteiger partial charge in [0.25, 0.3) is 0 Å². The van der Waals surface area contributed by atoms with Crippen LogP contribution >= 0.6 is 0 Å². The van der Waals surface area contributed by atoms with Crippen molar-refractivity contribution in [3.05, 3.63) is 35.6 Å². The lowest BCUT2D eigenvalue weighted by Crippen LogP contribution is -2.53. The molecule has 2 rings (SSSR count). The first-order chi connectivity index (χ1) is 8.97. The van der Waals surface area contributed by atoms with Gasteiger partial charge in [-0.2, -0.15) is 0 Å². The van der Waals surface area contributed by atoms with Crippen LogP contribution in [-0.2, 0) is 6.54 Å². The molecule has 1 saturated carbocycles. The number of rotatable bonds is 3. The summed E-state index contributed by atoms with van der Waals surface area (Å²) in [6, 6.07) is 7.41. The number of nitrogens with two attached hydrogens (primary N) is 1. The molecule has 4 unspecified atom stereocenters. The molecule has 4 atom stereocenters. The summed E-state index contributed by atoms with van der Waals surface area (Å²) in [4.78, 5) is 2.33. The second-order valence-corrected chi connectivity index (χ2v) is 6.25. The maximum atomic E-state index is 12.9. The Morgan fingerprint density at radius 1 is 1.21 bits per heavy atom. The van der Waals surface area contributed by atoms with E-state index in [1.54, 1.807) is 0 Å². The summed E-state index contributed by atoms with van der Waals surface area (Å²) in [6.45, 7) is 5.41. The van der Waals surface area contributed by atoms with E-state index in [0.29, 0.717) is 12.0 Å². The van der Waals surface area contributed by atoms with Gasteiger partial charge in [-0.1, -0.05) is 26.0 Å². The molecule has 1 fully saturated rings. The average molecular weight is 264 g/mol. The van der Waals surface area contributed by atoms with Gasteiger partial charge in [0.2, 0.25) is 0 Å². The van der Waals surface area contributed by atoms with Crippen molar-refractivity contribution in [3.63, 3.8) is 0 Å². The first-order valence-corrected chi connectivity index (χ1v) is 7.17. The van der Waals surface area contributed by atoms with Crippen molar-refractivity contribution in [1.29, 1.82) is 0 Å². The van der Waals surface area contributed by atoms with Gasteiger partial charge >= 0.3 is 0 Å². The molecule has 0 bridgehead atoms. The highest BCUT2D eigenvalue weighted by atomic mass is 19.1. The van der Waals surface area contributed by atoms with E-state index < -0.39 is 0 Å². The summed E-state index contributed by atoms with van der Waals surface area (Å²) in [5, 5.41) is 0. The second-order valence-electron chi connectivity index (χ2n) is 6.25. The lowest BCUT2D eigenvalue weighted by molar-refractivity contribution is 0.0910. The first kappa shape index (κ1) is 14.5. The molecule has 0 saturated heterocycles. The van der Waals surface area contributed by atoms with Crippen LogP contribution in [0.25, 0.3) is 0 Å². The highest BCUT2D eigenvalue weighted by Crippen LogP contribution is 2.31. The zero-order valence-corrected chi connectivity index (χ0v) is 12.1. The number of benzene rings is 1. The molecule has 0 spiro atoms. The van der Waals surface area contributed by atoms with Crippen molar-refractivity contribution >= 4 is 0 Å². The van der Waals surface area contributed by atoms with E-state index in [2.05, 4.69) is 25.8 Å². The zero-order valence-electron chi connectivity index (χ0n) is 12.1. The highest BCUT2D eigenvalue weighted by molar-refractivity contribution is 5.16. The SMILES string of the molecule is CC1CC(C)C(N(C)Cc2ccc(F)cc2)C(N)C1. The number of likely N-dealkylation sites (N-methyl/N-ethyl adjacent to an activating group) is 1. The molecule has 0 aromatic heterocycles. The molecule has 3 heteroatoms. The van der Waals surface area contributed by atoms with Gasteiger partial charge < -0.3 is 5.73 Å². The molecular formula is C16H25FN2. The van der Waals surface area contributed by atoms with Gasteiger partial charge in [0.15, 0.2) is 0 Å². The van der Waals surface area contributed by atoms with E-state index in [4.69, 9.17) is 5.73 Å². The fourth-order valence-corrected chi connectivity index (χ4v) is 3.64. The fraction of sp³-hybridized carbons (Fsp3) is 0.625. The predicted octanol–water partition coefficient (Wildman–Crippen LogP) is 3.02. The van der Waals surface area contributed by atoms with E-state index in [-0.39, 0.29) is 11.9 Å². The summed E-state index contributed by atoms with van der Waals surface area (Å²) in [5.41, 5.74) is 7.48. The average Bonchev–Trinajstić information content (AvgIpc) is 2.30. The molecule has 1 aliphatic rings. The Kier molecular flexibility index (Phi) is 4.58. The number of nitrogens with zero attached hydrogens (tertiary/aromatic N) is 1. The van der Waals surface area contributed by atoms with Gasteiger partial charge in [-0.3, -0.25) is 4.90 Å². The molecule has 2 nitrogen and oxygen atoms in total. The number of hydrogen-bond acceptors (Lipinski definition) is 2. The minimum absolute atomic E-state index is 0.178. The lowest BCUT2D eigenvalue weighted by Gasteiger charge is -2.43. The van der Waals surface area contributed by atoms with Gasteiger partial charge in [-0.15, -0.1) is 0 Å². The van der Waals surface area contributed by atoms with Gasteiger partial charge in [-0.05, 0) is 49.4 Å². The van der Waals surface area contributed by atoms with Crippen LogP contribution in [0.1, 0.15) is 32.3 Å². The monoisotopic (exact) mass is 264 g/mol. The largest absolute Gasteiger partial charge is 0.326 e. The Morgan fingerprint density at radius 2 is 1.84 bits per heavy atom. The van der Waals surface area contributed by atoms with Crippen LogP contribution in [0.4, 0.5) is 4.39 Å². The van der Waals surface area contributed by atoms with E-state index in [0.717, 1.165) is 24.4 Å². The van der Waals surface area contributed by atoms with E-state index in [1.165, 1.54) is 18.6 Å². The minimum atomic E-state index is -0.178. The smallest absolute Gasteiger partial charge is 0.123 e. The second kappa shape index (κ2) is 6.02. The molecule has 1 aromatic rings. The summed E-state index contributed by atoms with van der Waals surface area (Å²) in [7, 11) is 2.13. The lowest BCUT2D eigenvalue weighted by atomic mass is 9.76. The third kappa shape index (κ3) is 3.54. The topological polar surface area (TPSA) is 29.3 Å². The van der Waals surface area contributed by atoms with Crippen LogP contribution in [0.3, 0.4) is 0 Å². The molecule has 1 aliphatic carbocycles. The Labute approximate surface area is 115 Å². The molecule has 106 valence electrons. The van der Waals surface area contributed by atoms with Crippen LogP contribution in [0.5, 0.6) is 0 Å². The van der Waals surface area contributed by atoms with Crippen molar-refractivity contribution in [1.82, 2.24) is 4.90 Å². The van der Waals surface area contributed by atoms with E-state index >= 15 is 0 Å². The van der Waals surface area contributed by atoms with E-state index in [1.807, 2.05) is 12.1 Å². The fourth-order valence-electron chi connectivity index (χ4n) is 3.64. The molecule has 0 aliphatic heterocycles. The van der Waals surface area contributed by atoms with Gasteiger partial charge in [0, 0.05) is 18.6 Å². The molecule has 0 radical (unpaired) electrons. The van der Waals surface area contributed by atoms with Gasteiger partial charge in [0.1, 0.15) is 5.82 Å². The maximum absolute atomic E-state index is 12.9. The van der Waals surface area contributed by atoms with Crippen molar-refractivity contribution in [3.8, 4) is 0 Å². The van der Waals surface area contributed by atoms with Crippen molar-refractivity contribution in [2.75, 3.05) is 7.05 Å². The first-order valence-electron chi connectivity index (χ1n) is 7.17. The number of hydrogen-bond donors (Lipinski definition) is 1. The normalized spacial score (nSPS) is 31.7. The van der Waals surface area contributed by atoms with Crippen molar-refractivity contribution < 1.29 is 4.39 Å². The summed E-state index contributed by atoms with van der Waals surface area (Å²) in [5.74, 6) is 1.16. The quantitative estimate of drug-likeness (QED) is 0.909. The molecular weight excluding hydrogens is 239 g/mol. The Balaban J connectivity index is 2.02. The zero-order chi connectivity index (χ0) is 14.0. The third-order valence-electron chi connectivity index (χ3n) is 4.32. The van der Waals surface area contributed by atoms with Crippen molar-refractivity contribution in [2.24, 2.45) is 17.6 Å². The Hall–Kier alpha value is -0.930. The molecule has 2 N–H and O–H groups in total. The van der Waals surface area contributed by atoms with E-state index in [9.17, 15) is 4.39 Å². The Bertz CT molecular complexity index is 392. The molecule has 19 heavy (non-hydrogen) atoms. The van der Waals surface area contributed by atoms with Crippen LogP contribution in [-0.4, -0.2) is 24.0 Å². The van der Waals surface area contributed by atoms with Gasteiger partial charge in [-0.25, -0.2) is 4.39 Å². The van der Waals surface area contributed by atoms with Crippen LogP contribution < -0.4 is 5.73 Å². The Morgan fingerprint density at radius 3 is 2.42 bits per heavy atom.